The molecule has 3 N–H and O–H groups in total. The number of carbonyl (C=O) groups excluding carboxylic acids is 1. The highest BCUT2D eigenvalue weighted by atomic mass is 32.1. The van der Waals surface area contributed by atoms with E-state index in [0.29, 0.717) is 5.56 Å². The van der Waals surface area contributed by atoms with Crippen LogP contribution < -0.4 is 10.5 Å². The number of nitrogens with two attached hydrogens (primary N) is 1. The van der Waals surface area contributed by atoms with Crippen LogP contribution in [0.1, 0.15) is 10.4 Å². The maximum Gasteiger partial charge on any atom is 0.337 e. The Bertz CT molecular complexity index is 525. The highest BCUT2D eigenvalue weighted by Crippen LogP contribution is 2.26. The minimum Gasteiger partial charge on any atom is -0.504 e. The van der Waals surface area contributed by atoms with Crippen LogP contribution in [0.3, 0.4) is 0 Å². The van der Waals surface area contributed by atoms with Crippen LogP contribution in [0.4, 0.5) is 5.00 Å². The predicted octanol–water partition coefficient (Wildman–Crippen LogP) is 2.52. The van der Waals surface area contributed by atoms with Crippen molar-refractivity contribution in [3.05, 3.63) is 41.3 Å². The molecule has 0 radical (unpaired) electrons. The lowest BCUT2D eigenvalue weighted by molar-refractivity contribution is 0.0600. The quantitative estimate of drug-likeness (QED) is 0.827. The van der Waals surface area contributed by atoms with Gasteiger partial charge in [0.2, 0.25) is 0 Å². The number of phenolic OH excluding ortho intramolecular Hbond substituents is 1. The summed E-state index contributed by atoms with van der Waals surface area (Å²) in [6.45, 7) is 0. The number of nitrogen functional groups attached to an aromatic ring is 1. The molecule has 0 bridgehead atoms. The van der Waals surface area contributed by atoms with Crippen LogP contribution in [-0.2, 0) is 4.74 Å². The summed E-state index contributed by atoms with van der Waals surface area (Å²) in [6.07, 6.45) is 0. The third-order valence-corrected chi connectivity index (χ3v) is 2.85. The molecule has 2 rings (SSSR count). The molecule has 6 heteroatoms. The molecule has 5 nitrogen and oxygen atoms in total. The van der Waals surface area contributed by atoms with Crippen molar-refractivity contribution in [2.45, 2.75) is 0 Å². The van der Waals surface area contributed by atoms with Gasteiger partial charge in [0.05, 0.1) is 24.8 Å². The van der Waals surface area contributed by atoms with Crippen molar-refractivity contribution in [2.24, 2.45) is 0 Å². The number of thiophene rings is 1. The summed E-state index contributed by atoms with van der Waals surface area (Å²) in [6, 6.07) is 8.07. The van der Waals surface area contributed by atoms with Gasteiger partial charge in [-0.3, -0.25) is 0 Å². The number of ether oxygens (including phenoxy) is 2. The number of benzene rings is 1. The number of phenols is 1. The lowest BCUT2D eigenvalue weighted by Gasteiger charge is -2.04. The van der Waals surface area contributed by atoms with Gasteiger partial charge in [0.15, 0.2) is 11.5 Å². The van der Waals surface area contributed by atoms with Crippen molar-refractivity contribution < 1.29 is 19.4 Å². The number of carbonyl (C=O) groups is 1. The average molecular weight is 281 g/mol. The van der Waals surface area contributed by atoms with E-state index in [1.165, 1.54) is 32.4 Å². The van der Waals surface area contributed by atoms with Crippen LogP contribution in [-0.4, -0.2) is 25.3 Å². The standard InChI is InChI=1S/C9H10O4.C4H5NS/c1-12-8-5-6(9(11)13-2)3-4-7(8)10;5-4-2-1-3-6-4/h3-5,10H,1-2H3;1-3H,5H2. The van der Waals surface area contributed by atoms with E-state index in [0.717, 1.165) is 5.00 Å². The first-order chi connectivity index (χ1) is 9.08. The zero-order valence-corrected chi connectivity index (χ0v) is 11.4. The van der Waals surface area contributed by atoms with Gasteiger partial charge in [-0.1, -0.05) is 0 Å². The van der Waals surface area contributed by atoms with Gasteiger partial charge in [-0.2, -0.15) is 0 Å². The molecule has 1 aromatic carbocycles. The molecule has 1 heterocycles. The van der Waals surface area contributed by atoms with Gasteiger partial charge >= 0.3 is 5.97 Å². The second kappa shape index (κ2) is 7.27. The van der Waals surface area contributed by atoms with Crippen molar-refractivity contribution in [3.63, 3.8) is 0 Å². The minimum atomic E-state index is -0.460. The predicted molar refractivity (Wildman–Crippen MR) is 74.7 cm³/mol. The normalized spacial score (nSPS) is 9.16. The Labute approximate surface area is 115 Å². The largest absolute Gasteiger partial charge is 0.504 e. The van der Waals surface area contributed by atoms with E-state index in [2.05, 4.69) is 4.74 Å². The van der Waals surface area contributed by atoms with Crippen LogP contribution in [0, 0.1) is 0 Å². The molecule has 0 saturated carbocycles. The first-order valence-electron chi connectivity index (χ1n) is 5.32. The van der Waals surface area contributed by atoms with Gasteiger partial charge in [0, 0.05) is 0 Å². The summed E-state index contributed by atoms with van der Waals surface area (Å²) in [5.41, 5.74) is 5.64. The van der Waals surface area contributed by atoms with Gasteiger partial charge in [-0.05, 0) is 35.7 Å². The van der Waals surface area contributed by atoms with E-state index in [-0.39, 0.29) is 11.5 Å². The van der Waals surface area contributed by atoms with Gasteiger partial charge in [0.25, 0.3) is 0 Å². The molecule has 0 amide bonds. The third-order valence-electron chi connectivity index (χ3n) is 2.14. The molecule has 0 atom stereocenters. The molecule has 102 valence electrons. The Morgan fingerprint density at radius 3 is 2.47 bits per heavy atom. The molecule has 0 unspecified atom stereocenters. The maximum atomic E-state index is 11.0. The fourth-order valence-electron chi connectivity index (χ4n) is 1.21. The number of hydrogen-bond donors (Lipinski definition) is 2. The maximum absolute atomic E-state index is 11.0. The lowest BCUT2D eigenvalue weighted by atomic mass is 10.2. The first kappa shape index (κ1) is 14.8. The average Bonchev–Trinajstić information content (AvgIpc) is 2.90. The van der Waals surface area contributed by atoms with E-state index < -0.39 is 5.97 Å². The highest BCUT2D eigenvalue weighted by molar-refractivity contribution is 7.13. The smallest absolute Gasteiger partial charge is 0.337 e. The molecule has 2 aromatic rings. The summed E-state index contributed by atoms with van der Waals surface area (Å²) in [5.74, 6) is -0.212. The fraction of sp³-hybridized carbons (Fsp3) is 0.154. The second-order valence-electron chi connectivity index (χ2n) is 3.39. The number of hydrogen-bond acceptors (Lipinski definition) is 6. The Hall–Kier alpha value is -2.21. The summed E-state index contributed by atoms with van der Waals surface area (Å²) in [7, 11) is 2.71. The lowest BCUT2D eigenvalue weighted by Crippen LogP contribution is -2.01. The van der Waals surface area contributed by atoms with E-state index in [9.17, 15) is 9.90 Å². The van der Waals surface area contributed by atoms with E-state index in [1.807, 2.05) is 17.5 Å². The van der Waals surface area contributed by atoms with E-state index in [4.69, 9.17) is 10.5 Å². The number of esters is 1. The van der Waals surface area contributed by atoms with Crippen molar-refractivity contribution >= 4 is 22.3 Å². The first-order valence-corrected chi connectivity index (χ1v) is 6.20. The SMILES string of the molecule is COC(=O)c1ccc(O)c(OC)c1.Nc1cccs1. The molecule has 19 heavy (non-hydrogen) atoms. The van der Waals surface area contributed by atoms with Crippen LogP contribution in [0.2, 0.25) is 0 Å². The van der Waals surface area contributed by atoms with Crippen molar-refractivity contribution in [1.29, 1.82) is 0 Å². The molecule has 0 saturated heterocycles. The fourth-order valence-corrected chi connectivity index (χ4v) is 1.69. The van der Waals surface area contributed by atoms with Gasteiger partial charge in [0.1, 0.15) is 0 Å². The van der Waals surface area contributed by atoms with Gasteiger partial charge in [-0.15, -0.1) is 11.3 Å². The summed E-state index contributed by atoms with van der Waals surface area (Å²) in [5, 5.41) is 12.1. The van der Waals surface area contributed by atoms with Gasteiger partial charge in [-0.25, -0.2) is 4.79 Å². The molecular weight excluding hydrogens is 266 g/mol. The molecule has 0 aliphatic heterocycles. The summed E-state index contributed by atoms with van der Waals surface area (Å²) < 4.78 is 9.32. The third kappa shape index (κ3) is 4.51. The molecule has 0 spiro atoms. The molecule has 0 aliphatic rings. The summed E-state index contributed by atoms with van der Waals surface area (Å²) in [4.78, 5) is 11.0. The zero-order chi connectivity index (χ0) is 14.3. The van der Waals surface area contributed by atoms with Crippen molar-refractivity contribution in [2.75, 3.05) is 20.0 Å². The second-order valence-corrected chi connectivity index (χ2v) is 4.37. The zero-order valence-electron chi connectivity index (χ0n) is 10.6. The number of methoxy groups -OCH3 is 2. The van der Waals surface area contributed by atoms with Crippen LogP contribution >= 0.6 is 11.3 Å². The Morgan fingerprint density at radius 2 is 2.05 bits per heavy atom. The Morgan fingerprint density at radius 1 is 1.32 bits per heavy atom. The number of rotatable bonds is 2. The van der Waals surface area contributed by atoms with Crippen molar-refractivity contribution in [1.82, 2.24) is 0 Å². The molecule has 1 aromatic heterocycles. The number of anilines is 1. The van der Waals surface area contributed by atoms with Crippen LogP contribution in [0.25, 0.3) is 0 Å². The van der Waals surface area contributed by atoms with E-state index >= 15 is 0 Å². The Kier molecular flexibility index (Phi) is 5.69. The summed E-state index contributed by atoms with van der Waals surface area (Å²) >= 11 is 1.56. The topological polar surface area (TPSA) is 81.8 Å². The Balaban J connectivity index is 0.000000250. The van der Waals surface area contributed by atoms with Gasteiger partial charge < -0.3 is 20.3 Å². The van der Waals surface area contributed by atoms with Crippen LogP contribution in [0.5, 0.6) is 11.5 Å². The molecule has 0 aliphatic carbocycles. The molecule has 0 fully saturated rings. The molecular formula is C13H15NO4S. The van der Waals surface area contributed by atoms with Crippen LogP contribution in [0.15, 0.2) is 35.7 Å². The number of aromatic hydroxyl groups is 1. The van der Waals surface area contributed by atoms with E-state index in [1.54, 1.807) is 11.3 Å². The van der Waals surface area contributed by atoms with Crippen molar-refractivity contribution in [3.8, 4) is 11.5 Å². The highest BCUT2D eigenvalue weighted by Gasteiger charge is 2.08. The minimum absolute atomic E-state index is 0.00449. The monoisotopic (exact) mass is 281 g/mol.